The van der Waals surface area contributed by atoms with E-state index in [1.165, 1.54) is 17.8 Å². The molecule has 3 rings (SSSR count). The largest absolute Gasteiger partial charge is 0.311 e. The third kappa shape index (κ3) is 3.23. The Morgan fingerprint density at radius 3 is 2.70 bits per heavy atom. The van der Waals surface area contributed by atoms with E-state index in [-0.39, 0.29) is 0 Å². The lowest BCUT2D eigenvalue weighted by molar-refractivity contribution is 0.0688. The molecule has 1 aromatic heterocycles. The van der Waals surface area contributed by atoms with Crippen molar-refractivity contribution in [1.82, 2.24) is 15.2 Å². The van der Waals surface area contributed by atoms with E-state index in [0.717, 1.165) is 37.3 Å². The maximum atomic E-state index is 4.66. The van der Waals surface area contributed by atoms with Crippen molar-refractivity contribution in [2.24, 2.45) is 11.3 Å². The van der Waals surface area contributed by atoms with Gasteiger partial charge in [0.2, 0.25) is 0 Å². The fourth-order valence-electron chi connectivity index (χ4n) is 3.18. The molecule has 0 radical (unpaired) electrons. The maximum Gasteiger partial charge on any atom is 0.107 e. The molecule has 4 heteroatoms. The first kappa shape index (κ1) is 14.5. The number of nitrogens with zero attached hydrogens (tertiary/aromatic N) is 2. The molecule has 2 heterocycles. The molecule has 20 heavy (non-hydrogen) atoms. The fraction of sp³-hybridized carbons (Fsp3) is 0.812. The van der Waals surface area contributed by atoms with Gasteiger partial charge in [0.15, 0.2) is 0 Å². The summed E-state index contributed by atoms with van der Waals surface area (Å²) in [6.07, 6.45) is 2.83. The molecule has 0 amide bonds. The Hall–Kier alpha value is -0.450. The Morgan fingerprint density at radius 1 is 1.40 bits per heavy atom. The highest BCUT2D eigenvalue weighted by Gasteiger charge is 2.41. The Labute approximate surface area is 126 Å². The van der Waals surface area contributed by atoms with Gasteiger partial charge in [-0.15, -0.1) is 11.3 Å². The van der Waals surface area contributed by atoms with Crippen molar-refractivity contribution in [3.63, 3.8) is 0 Å². The van der Waals surface area contributed by atoms with Crippen LogP contribution < -0.4 is 5.32 Å². The second kappa shape index (κ2) is 5.39. The summed E-state index contributed by atoms with van der Waals surface area (Å²) < 4.78 is 0. The number of hydrogen-bond donors (Lipinski definition) is 1. The zero-order chi connectivity index (χ0) is 14.3. The molecular weight excluding hydrogens is 266 g/mol. The van der Waals surface area contributed by atoms with Crippen molar-refractivity contribution in [3.8, 4) is 0 Å². The van der Waals surface area contributed by atoms with Gasteiger partial charge < -0.3 is 5.32 Å². The number of thiazole rings is 1. The minimum Gasteiger partial charge on any atom is -0.311 e. The van der Waals surface area contributed by atoms with Crippen LogP contribution in [0.5, 0.6) is 0 Å². The van der Waals surface area contributed by atoms with Crippen molar-refractivity contribution in [1.29, 1.82) is 0 Å². The minimum atomic E-state index is 0.325. The third-order valence-electron chi connectivity index (χ3n) is 4.68. The van der Waals surface area contributed by atoms with Crippen LogP contribution in [0.1, 0.15) is 44.3 Å². The summed E-state index contributed by atoms with van der Waals surface area (Å²) in [5.41, 5.74) is 1.49. The van der Waals surface area contributed by atoms with Crippen LogP contribution in [0.4, 0.5) is 0 Å². The number of rotatable bonds is 3. The van der Waals surface area contributed by atoms with Crippen LogP contribution >= 0.6 is 11.3 Å². The van der Waals surface area contributed by atoms with Gasteiger partial charge in [-0.3, -0.25) is 4.90 Å². The van der Waals surface area contributed by atoms with Gasteiger partial charge in [-0.2, -0.15) is 0 Å². The SMILES string of the molecule is Cc1csc(CN2CC(C(C)(C)C)NCC2C2CC2)n1. The van der Waals surface area contributed by atoms with Crippen LogP contribution in [0.25, 0.3) is 0 Å². The molecule has 1 aromatic rings. The van der Waals surface area contributed by atoms with Crippen molar-refractivity contribution < 1.29 is 0 Å². The van der Waals surface area contributed by atoms with E-state index >= 15 is 0 Å². The van der Waals surface area contributed by atoms with Crippen molar-refractivity contribution in [3.05, 3.63) is 16.1 Å². The van der Waals surface area contributed by atoms with Crippen LogP contribution in [0.2, 0.25) is 0 Å². The summed E-state index contributed by atoms with van der Waals surface area (Å²) in [6.45, 7) is 12.5. The molecule has 0 spiro atoms. The van der Waals surface area contributed by atoms with E-state index in [1.54, 1.807) is 0 Å². The van der Waals surface area contributed by atoms with Crippen LogP contribution in [-0.2, 0) is 6.54 Å². The second-order valence-electron chi connectivity index (χ2n) is 7.54. The highest BCUT2D eigenvalue weighted by molar-refractivity contribution is 7.09. The van der Waals surface area contributed by atoms with Gasteiger partial charge in [0.1, 0.15) is 5.01 Å². The van der Waals surface area contributed by atoms with Crippen molar-refractivity contribution in [2.75, 3.05) is 13.1 Å². The van der Waals surface area contributed by atoms with Crippen LogP contribution in [0, 0.1) is 18.3 Å². The first-order valence-electron chi connectivity index (χ1n) is 7.82. The Morgan fingerprint density at radius 2 is 2.15 bits per heavy atom. The number of piperazine rings is 1. The molecule has 1 saturated heterocycles. The van der Waals surface area contributed by atoms with Gasteiger partial charge in [-0.05, 0) is 31.1 Å². The van der Waals surface area contributed by atoms with Crippen LogP contribution in [-0.4, -0.2) is 35.1 Å². The molecule has 2 atom stereocenters. The van der Waals surface area contributed by atoms with Crippen molar-refractivity contribution in [2.45, 2.75) is 59.2 Å². The molecule has 1 N–H and O–H groups in total. The molecule has 1 aliphatic heterocycles. The van der Waals surface area contributed by atoms with Gasteiger partial charge >= 0.3 is 0 Å². The minimum absolute atomic E-state index is 0.325. The van der Waals surface area contributed by atoms with E-state index in [9.17, 15) is 0 Å². The second-order valence-corrected chi connectivity index (χ2v) is 8.49. The molecule has 112 valence electrons. The lowest BCUT2D eigenvalue weighted by atomic mass is 9.84. The summed E-state index contributed by atoms with van der Waals surface area (Å²) in [5.74, 6) is 0.921. The van der Waals surface area contributed by atoms with Crippen molar-refractivity contribution >= 4 is 11.3 Å². The standard InChI is InChI=1S/C16H27N3S/c1-11-10-20-15(18-11)9-19-8-14(16(2,3)4)17-7-13(19)12-5-6-12/h10,12-14,17H,5-9H2,1-4H3. The average Bonchev–Trinajstić information content (AvgIpc) is 3.12. The third-order valence-corrected chi connectivity index (χ3v) is 5.63. The summed E-state index contributed by atoms with van der Waals surface area (Å²) in [5, 5.41) is 7.24. The predicted octanol–water partition coefficient (Wildman–Crippen LogP) is 3.05. The van der Waals surface area contributed by atoms with Gasteiger partial charge in [0.05, 0.1) is 6.54 Å². The monoisotopic (exact) mass is 293 g/mol. The van der Waals surface area contributed by atoms with Crippen LogP contribution in [0.15, 0.2) is 5.38 Å². The number of hydrogen-bond acceptors (Lipinski definition) is 4. The molecule has 2 unspecified atom stereocenters. The molecule has 1 aliphatic carbocycles. The Bertz CT molecular complexity index is 459. The number of aryl methyl sites for hydroxylation is 1. The van der Waals surface area contributed by atoms with Gasteiger partial charge in [-0.1, -0.05) is 20.8 Å². The summed E-state index contributed by atoms with van der Waals surface area (Å²) in [7, 11) is 0. The molecule has 0 aromatic carbocycles. The molecule has 1 saturated carbocycles. The normalized spacial score (nSPS) is 28.8. The fourth-order valence-corrected chi connectivity index (χ4v) is 3.98. The zero-order valence-corrected chi connectivity index (χ0v) is 14.0. The van der Waals surface area contributed by atoms with E-state index in [2.05, 4.69) is 48.3 Å². The molecular formula is C16H27N3S. The van der Waals surface area contributed by atoms with Gasteiger partial charge in [0.25, 0.3) is 0 Å². The lowest BCUT2D eigenvalue weighted by Crippen LogP contribution is -2.60. The highest BCUT2D eigenvalue weighted by atomic mass is 32.1. The summed E-state index contributed by atoms with van der Waals surface area (Å²) in [4.78, 5) is 7.36. The van der Waals surface area contributed by atoms with E-state index < -0.39 is 0 Å². The quantitative estimate of drug-likeness (QED) is 0.928. The van der Waals surface area contributed by atoms with E-state index in [1.807, 2.05) is 11.3 Å². The highest BCUT2D eigenvalue weighted by Crippen LogP contribution is 2.38. The molecule has 2 fully saturated rings. The molecule has 0 bridgehead atoms. The number of nitrogens with one attached hydrogen (secondary N) is 1. The first-order valence-corrected chi connectivity index (χ1v) is 8.70. The smallest absolute Gasteiger partial charge is 0.107 e. The van der Waals surface area contributed by atoms with Crippen LogP contribution in [0.3, 0.4) is 0 Å². The van der Waals surface area contributed by atoms with Gasteiger partial charge in [-0.25, -0.2) is 4.98 Å². The summed E-state index contributed by atoms with van der Waals surface area (Å²) in [6, 6.07) is 1.30. The Balaban J connectivity index is 1.71. The lowest BCUT2D eigenvalue weighted by Gasteiger charge is -2.45. The Kier molecular flexibility index (Phi) is 3.91. The average molecular weight is 293 g/mol. The van der Waals surface area contributed by atoms with E-state index in [0.29, 0.717) is 11.5 Å². The maximum absolute atomic E-state index is 4.66. The number of aromatic nitrogens is 1. The first-order chi connectivity index (χ1) is 9.43. The summed E-state index contributed by atoms with van der Waals surface area (Å²) >= 11 is 1.81. The topological polar surface area (TPSA) is 28.2 Å². The van der Waals surface area contributed by atoms with E-state index in [4.69, 9.17) is 0 Å². The molecule has 3 nitrogen and oxygen atoms in total. The zero-order valence-electron chi connectivity index (χ0n) is 13.1. The predicted molar refractivity (Wildman–Crippen MR) is 85.0 cm³/mol. The van der Waals surface area contributed by atoms with Gasteiger partial charge in [0, 0.05) is 36.2 Å². The molecule has 2 aliphatic rings.